The highest BCUT2D eigenvalue weighted by molar-refractivity contribution is 7.93. The van der Waals surface area contributed by atoms with Crippen molar-refractivity contribution < 1.29 is 17.6 Å². The minimum absolute atomic E-state index is 0.165. The molecule has 1 aliphatic heterocycles. The Labute approximate surface area is 186 Å². The summed E-state index contributed by atoms with van der Waals surface area (Å²) in [5.74, 6) is -0.498. The summed E-state index contributed by atoms with van der Waals surface area (Å²) in [6.45, 7) is 0.720. The fraction of sp³-hybridized carbons (Fsp3) is 0.167. The minimum atomic E-state index is -3.23. The van der Waals surface area contributed by atoms with Gasteiger partial charge in [-0.15, -0.1) is 0 Å². The number of hydrogen-bond acceptors (Lipinski definition) is 4. The van der Waals surface area contributed by atoms with Gasteiger partial charge in [0, 0.05) is 24.5 Å². The Hall–Kier alpha value is -3.52. The van der Waals surface area contributed by atoms with Crippen molar-refractivity contribution in [3.63, 3.8) is 0 Å². The maximum atomic E-state index is 13.4. The molecule has 2 aromatic carbocycles. The van der Waals surface area contributed by atoms with Crippen molar-refractivity contribution >= 4 is 33.4 Å². The third-order valence-electron chi connectivity index (χ3n) is 5.15. The van der Waals surface area contributed by atoms with Gasteiger partial charge in [0.05, 0.1) is 23.7 Å². The van der Waals surface area contributed by atoms with Crippen LogP contribution in [0, 0.1) is 5.82 Å². The van der Waals surface area contributed by atoms with Crippen LogP contribution in [0.2, 0.25) is 0 Å². The van der Waals surface area contributed by atoms with Crippen molar-refractivity contribution in [1.29, 1.82) is 0 Å². The van der Waals surface area contributed by atoms with Crippen LogP contribution in [-0.2, 0) is 21.4 Å². The Kier molecular flexibility index (Phi) is 6.32. The second-order valence-electron chi connectivity index (χ2n) is 7.39. The molecule has 0 aliphatic carbocycles. The Balaban J connectivity index is 1.52. The summed E-state index contributed by atoms with van der Waals surface area (Å²) in [4.78, 5) is 18.8. The predicted octanol–water partition coefficient (Wildman–Crippen LogP) is 4.01. The molecular weight excluding hydrogens is 429 g/mol. The lowest BCUT2D eigenvalue weighted by Gasteiger charge is -2.21. The van der Waals surface area contributed by atoms with Crippen LogP contribution >= 0.6 is 0 Å². The Morgan fingerprint density at radius 3 is 2.44 bits per heavy atom. The molecule has 1 saturated heterocycles. The van der Waals surface area contributed by atoms with E-state index in [4.69, 9.17) is 0 Å². The molecule has 0 N–H and O–H groups in total. The summed E-state index contributed by atoms with van der Waals surface area (Å²) < 4.78 is 38.9. The van der Waals surface area contributed by atoms with E-state index >= 15 is 0 Å². The zero-order chi connectivity index (χ0) is 22.6. The third-order valence-corrected chi connectivity index (χ3v) is 7.02. The van der Waals surface area contributed by atoms with Crippen LogP contribution in [0.15, 0.2) is 79.0 Å². The molecule has 1 amide bonds. The standard InChI is InChI=1S/C24H22FN3O3S/c25-20-8-12-22(13-9-20)27(18-21-4-1-2-15-26-21)24(29)14-7-19-5-10-23(11-6-19)28-16-3-17-32(28,30)31/h1-2,4-15H,3,16-18H2/b14-7+. The molecule has 0 unspecified atom stereocenters. The van der Waals surface area contributed by atoms with Gasteiger partial charge in [0.1, 0.15) is 5.82 Å². The minimum Gasteiger partial charge on any atom is -0.303 e. The molecule has 1 aliphatic rings. The van der Waals surface area contributed by atoms with Gasteiger partial charge in [-0.2, -0.15) is 0 Å². The summed E-state index contributed by atoms with van der Waals surface area (Å²) >= 11 is 0. The molecule has 0 bridgehead atoms. The number of pyridine rings is 1. The molecule has 0 atom stereocenters. The lowest BCUT2D eigenvalue weighted by atomic mass is 10.2. The van der Waals surface area contributed by atoms with Crippen LogP contribution in [0.25, 0.3) is 6.08 Å². The second kappa shape index (κ2) is 9.32. The summed E-state index contributed by atoms with van der Waals surface area (Å²) in [6.07, 6.45) is 5.38. The van der Waals surface area contributed by atoms with Crippen LogP contribution in [0.5, 0.6) is 0 Å². The van der Waals surface area contributed by atoms with E-state index in [0.717, 1.165) is 5.56 Å². The van der Waals surface area contributed by atoms with Crippen LogP contribution in [-0.4, -0.2) is 31.6 Å². The van der Waals surface area contributed by atoms with Crippen LogP contribution in [0.1, 0.15) is 17.7 Å². The predicted molar refractivity (Wildman–Crippen MR) is 123 cm³/mol. The molecular formula is C24H22FN3O3S. The summed E-state index contributed by atoms with van der Waals surface area (Å²) in [7, 11) is -3.23. The number of carbonyl (C=O) groups is 1. The third kappa shape index (κ3) is 5.03. The molecule has 1 fully saturated rings. The van der Waals surface area contributed by atoms with Gasteiger partial charge in [-0.1, -0.05) is 18.2 Å². The first-order valence-electron chi connectivity index (χ1n) is 10.2. The molecule has 2 heterocycles. The monoisotopic (exact) mass is 451 g/mol. The first-order chi connectivity index (χ1) is 15.4. The topological polar surface area (TPSA) is 70.6 Å². The molecule has 8 heteroatoms. The first kappa shape index (κ1) is 21.7. The molecule has 1 aromatic heterocycles. The van der Waals surface area contributed by atoms with Crippen LogP contribution in [0.4, 0.5) is 15.8 Å². The van der Waals surface area contributed by atoms with Gasteiger partial charge in [0.2, 0.25) is 10.0 Å². The highest BCUT2D eigenvalue weighted by Gasteiger charge is 2.28. The fourth-order valence-corrected chi connectivity index (χ4v) is 5.07. The van der Waals surface area contributed by atoms with E-state index in [2.05, 4.69) is 4.98 Å². The molecule has 0 radical (unpaired) electrons. The van der Waals surface area contributed by atoms with E-state index in [-0.39, 0.29) is 24.0 Å². The number of benzene rings is 2. The zero-order valence-corrected chi connectivity index (χ0v) is 18.1. The number of sulfonamides is 1. The lowest BCUT2D eigenvalue weighted by Crippen LogP contribution is -2.29. The molecule has 32 heavy (non-hydrogen) atoms. The number of aromatic nitrogens is 1. The van der Waals surface area contributed by atoms with Crippen molar-refractivity contribution in [1.82, 2.24) is 4.98 Å². The van der Waals surface area contributed by atoms with Gasteiger partial charge in [-0.05, 0) is 66.6 Å². The molecule has 164 valence electrons. The maximum Gasteiger partial charge on any atom is 0.251 e. The van der Waals surface area contributed by atoms with E-state index in [1.165, 1.54) is 27.4 Å². The average Bonchev–Trinajstić information content (AvgIpc) is 3.16. The summed E-state index contributed by atoms with van der Waals surface area (Å²) in [5, 5.41) is 0. The number of carbonyl (C=O) groups excluding carboxylic acids is 1. The second-order valence-corrected chi connectivity index (χ2v) is 9.40. The number of nitrogens with zero attached hydrogens (tertiary/aromatic N) is 3. The molecule has 3 aromatic rings. The number of amides is 1. The summed E-state index contributed by atoms with van der Waals surface area (Å²) in [5.41, 5.74) is 2.64. The van der Waals surface area contributed by atoms with E-state index in [1.54, 1.807) is 54.7 Å². The quantitative estimate of drug-likeness (QED) is 0.531. The Bertz CT molecular complexity index is 1210. The van der Waals surface area contributed by atoms with Crippen molar-refractivity contribution in [2.75, 3.05) is 21.5 Å². The van der Waals surface area contributed by atoms with Gasteiger partial charge >= 0.3 is 0 Å². The van der Waals surface area contributed by atoms with Gasteiger partial charge in [-0.3, -0.25) is 14.1 Å². The fourth-order valence-electron chi connectivity index (χ4n) is 3.51. The molecule has 6 nitrogen and oxygen atoms in total. The van der Waals surface area contributed by atoms with Crippen molar-refractivity contribution in [3.8, 4) is 0 Å². The lowest BCUT2D eigenvalue weighted by molar-refractivity contribution is -0.114. The Morgan fingerprint density at radius 2 is 1.81 bits per heavy atom. The van der Waals surface area contributed by atoms with Crippen molar-refractivity contribution in [2.24, 2.45) is 0 Å². The summed E-state index contributed by atoms with van der Waals surface area (Å²) in [6, 6.07) is 18.2. The largest absolute Gasteiger partial charge is 0.303 e. The van der Waals surface area contributed by atoms with Crippen molar-refractivity contribution in [3.05, 3.63) is 96.1 Å². The highest BCUT2D eigenvalue weighted by Crippen LogP contribution is 2.24. The van der Waals surface area contributed by atoms with E-state index < -0.39 is 10.0 Å². The van der Waals surface area contributed by atoms with Gasteiger partial charge in [0.15, 0.2) is 0 Å². The van der Waals surface area contributed by atoms with Gasteiger partial charge < -0.3 is 4.90 Å². The smallest absolute Gasteiger partial charge is 0.251 e. The SMILES string of the molecule is O=C(/C=C/c1ccc(N2CCCS2(=O)=O)cc1)N(Cc1ccccn1)c1ccc(F)cc1. The number of anilines is 2. The van der Waals surface area contributed by atoms with Crippen LogP contribution < -0.4 is 9.21 Å². The van der Waals surface area contributed by atoms with Crippen LogP contribution in [0.3, 0.4) is 0 Å². The molecule has 4 rings (SSSR count). The van der Waals surface area contributed by atoms with E-state index in [1.807, 2.05) is 12.1 Å². The average molecular weight is 452 g/mol. The highest BCUT2D eigenvalue weighted by atomic mass is 32.2. The first-order valence-corrected chi connectivity index (χ1v) is 11.8. The van der Waals surface area contributed by atoms with Gasteiger partial charge in [0.25, 0.3) is 5.91 Å². The number of rotatable bonds is 6. The number of hydrogen-bond donors (Lipinski definition) is 0. The zero-order valence-electron chi connectivity index (χ0n) is 17.3. The van der Waals surface area contributed by atoms with Crippen molar-refractivity contribution in [2.45, 2.75) is 13.0 Å². The Morgan fingerprint density at radius 1 is 1.06 bits per heavy atom. The van der Waals surface area contributed by atoms with E-state index in [0.29, 0.717) is 30.0 Å². The van der Waals surface area contributed by atoms with E-state index in [9.17, 15) is 17.6 Å². The molecule has 0 saturated carbocycles. The number of halogens is 1. The molecule has 0 spiro atoms. The normalized spacial score (nSPS) is 15.2. The maximum absolute atomic E-state index is 13.4. The van der Waals surface area contributed by atoms with Gasteiger partial charge in [-0.25, -0.2) is 12.8 Å².